The van der Waals surface area contributed by atoms with Crippen LogP contribution in [0.2, 0.25) is 10.0 Å². The molecular formula is C18H21Cl2NO4S. The maximum atomic E-state index is 12.5. The van der Waals surface area contributed by atoms with E-state index in [0.717, 1.165) is 5.56 Å². The Balaban J connectivity index is 2.04. The summed E-state index contributed by atoms with van der Waals surface area (Å²) in [5, 5.41) is 0.517. The van der Waals surface area contributed by atoms with E-state index in [4.69, 9.17) is 32.7 Å². The van der Waals surface area contributed by atoms with Gasteiger partial charge in [-0.2, -0.15) is 0 Å². The quantitative estimate of drug-likeness (QED) is 0.651. The number of methoxy groups -OCH3 is 2. The molecule has 0 saturated carbocycles. The molecule has 0 heterocycles. The van der Waals surface area contributed by atoms with E-state index in [9.17, 15) is 8.42 Å². The zero-order valence-electron chi connectivity index (χ0n) is 14.8. The first kappa shape index (κ1) is 20.8. The Morgan fingerprint density at radius 1 is 1.00 bits per heavy atom. The van der Waals surface area contributed by atoms with Gasteiger partial charge in [-0.15, -0.1) is 0 Å². The second kappa shape index (κ2) is 8.95. The second-order valence-electron chi connectivity index (χ2n) is 5.82. The molecule has 0 unspecified atom stereocenters. The standard InChI is InChI=1S/C18H21Cl2NO4S/c1-21(12-13-4-7-16(24-2)17(10-13)25-3)8-9-26(22,23)18-11-14(19)5-6-15(18)20/h4-7,10-11H,8-9,12H2,1-3H3. The van der Waals surface area contributed by atoms with E-state index in [1.807, 2.05) is 30.1 Å². The van der Waals surface area contributed by atoms with Gasteiger partial charge in [0.1, 0.15) is 0 Å². The molecule has 142 valence electrons. The highest BCUT2D eigenvalue weighted by molar-refractivity contribution is 7.91. The number of ether oxygens (including phenoxy) is 2. The van der Waals surface area contributed by atoms with Crippen LogP contribution in [0, 0.1) is 0 Å². The molecule has 0 aliphatic carbocycles. The number of nitrogens with zero attached hydrogens (tertiary/aromatic N) is 1. The number of sulfone groups is 1. The number of hydrogen-bond acceptors (Lipinski definition) is 5. The summed E-state index contributed by atoms with van der Waals surface area (Å²) in [6.45, 7) is 0.915. The van der Waals surface area contributed by atoms with E-state index in [1.165, 1.54) is 12.1 Å². The summed E-state index contributed by atoms with van der Waals surface area (Å²) in [5.74, 6) is 1.23. The highest BCUT2D eigenvalue weighted by atomic mass is 35.5. The van der Waals surface area contributed by atoms with Crippen molar-refractivity contribution in [3.05, 3.63) is 52.0 Å². The van der Waals surface area contributed by atoms with E-state index in [0.29, 0.717) is 29.6 Å². The summed E-state index contributed by atoms with van der Waals surface area (Å²) >= 11 is 11.9. The van der Waals surface area contributed by atoms with E-state index in [2.05, 4.69) is 0 Å². The molecule has 0 radical (unpaired) electrons. The zero-order chi connectivity index (χ0) is 19.3. The first-order valence-electron chi connectivity index (χ1n) is 7.84. The maximum Gasteiger partial charge on any atom is 0.181 e. The fraction of sp³-hybridized carbons (Fsp3) is 0.333. The Morgan fingerprint density at radius 2 is 1.69 bits per heavy atom. The van der Waals surface area contributed by atoms with E-state index in [-0.39, 0.29) is 15.7 Å². The molecule has 0 aliphatic rings. The van der Waals surface area contributed by atoms with Crippen LogP contribution in [-0.4, -0.2) is 46.9 Å². The van der Waals surface area contributed by atoms with Crippen molar-refractivity contribution < 1.29 is 17.9 Å². The topological polar surface area (TPSA) is 55.8 Å². The summed E-state index contributed by atoms with van der Waals surface area (Å²) in [4.78, 5) is 1.98. The molecule has 0 atom stereocenters. The minimum atomic E-state index is -3.53. The van der Waals surface area contributed by atoms with Crippen molar-refractivity contribution in [1.82, 2.24) is 4.90 Å². The Labute approximate surface area is 164 Å². The van der Waals surface area contributed by atoms with Crippen LogP contribution >= 0.6 is 23.2 Å². The smallest absolute Gasteiger partial charge is 0.181 e. The first-order valence-corrected chi connectivity index (χ1v) is 10.2. The SMILES string of the molecule is COc1ccc(CN(C)CCS(=O)(=O)c2cc(Cl)ccc2Cl)cc1OC. The molecule has 0 N–H and O–H groups in total. The monoisotopic (exact) mass is 417 g/mol. The lowest BCUT2D eigenvalue weighted by molar-refractivity contribution is 0.339. The van der Waals surface area contributed by atoms with Gasteiger partial charge in [0.05, 0.1) is 29.9 Å². The largest absolute Gasteiger partial charge is 0.493 e. The summed E-state index contributed by atoms with van der Waals surface area (Å²) in [7, 11) is 1.48. The molecule has 0 fully saturated rings. The van der Waals surface area contributed by atoms with Crippen molar-refractivity contribution in [2.24, 2.45) is 0 Å². The van der Waals surface area contributed by atoms with Gasteiger partial charge in [-0.25, -0.2) is 8.42 Å². The van der Waals surface area contributed by atoms with Gasteiger partial charge in [-0.1, -0.05) is 29.3 Å². The van der Waals surface area contributed by atoms with Gasteiger partial charge in [0.25, 0.3) is 0 Å². The highest BCUT2D eigenvalue weighted by Gasteiger charge is 2.19. The maximum absolute atomic E-state index is 12.5. The Morgan fingerprint density at radius 3 is 2.35 bits per heavy atom. The van der Waals surface area contributed by atoms with E-state index >= 15 is 0 Å². The van der Waals surface area contributed by atoms with Gasteiger partial charge >= 0.3 is 0 Å². The van der Waals surface area contributed by atoms with Gasteiger partial charge in [0.15, 0.2) is 21.3 Å². The molecule has 0 amide bonds. The third-order valence-corrected chi connectivity index (χ3v) is 6.28. The number of halogens is 2. The first-order chi connectivity index (χ1) is 12.3. The highest BCUT2D eigenvalue weighted by Crippen LogP contribution is 2.28. The summed E-state index contributed by atoms with van der Waals surface area (Å²) in [6.07, 6.45) is 0. The van der Waals surface area contributed by atoms with E-state index < -0.39 is 9.84 Å². The molecule has 8 heteroatoms. The minimum absolute atomic E-state index is 0.0587. The predicted molar refractivity (Wildman–Crippen MR) is 104 cm³/mol. The van der Waals surface area contributed by atoms with Crippen molar-refractivity contribution in [1.29, 1.82) is 0 Å². The molecule has 0 spiro atoms. The lowest BCUT2D eigenvalue weighted by Crippen LogP contribution is -2.25. The second-order valence-corrected chi connectivity index (χ2v) is 8.74. The van der Waals surface area contributed by atoms with Crippen LogP contribution in [0.3, 0.4) is 0 Å². The number of rotatable bonds is 8. The Bertz CT molecular complexity index is 871. The molecule has 0 aromatic heterocycles. The number of benzene rings is 2. The molecule has 2 aromatic carbocycles. The van der Waals surface area contributed by atoms with Crippen LogP contribution in [-0.2, 0) is 16.4 Å². The average Bonchev–Trinajstić information content (AvgIpc) is 2.62. The van der Waals surface area contributed by atoms with Crippen LogP contribution in [0.5, 0.6) is 11.5 Å². The van der Waals surface area contributed by atoms with Crippen molar-refractivity contribution in [2.45, 2.75) is 11.4 Å². The van der Waals surface area contributed by atoms with Crippen LogP contribution in [0.25, 0.3) is 0 Å². The van der Waals surface area contributed by atoms with Crippen LogP contribution in [0.1, 0.15) is 5.56 Å². The molecule has 0 saturated heterocycles. The van der Waals surface area contributed by atoms with Gasteiger partial charge in [-0.3, -0.25) is 0 Å². The van der Waals surface area contributed by atoms with Crippen LogP contribution in [0.15, 0.2) is 41.3 Å². The Kier molecular flexibility index (Phi) is 7.17. The average molecular weight is 418 g/mol. The fourth-order valence-electron chi connectivity index (χ4n) is 2.47. The molecule has 2 rings (SSSR count). The van der Waals surface area contributed by atoms with Gasteiger partial charge < -0.3 is 14.4 Å². The molecular weight excluding hydrogens is 397 g/mol. The summed E-state index contributed by atoms with van der Waals surface area (Å²) < 4.78 is 35.6. The van der Waals surface area contributed by atoms with Crippen LogP contribution in [0.4, 0.5) is 0 Å². The van der Waals surface area contributed by atoms with Crippen molar-refractivity contribution >= 4 is 33.0 Å². The van der Waals surface area contributed by atoms with Crippen molar-refractivity contribution in [2.75, 3.05) is 33.6 Å². The van der Waals surface area contributed by atoms with Crippen molar-refractivity contribution in [3.63, 3.8) is 0 Å². The predicted octanol–water partition coefficient (Wildman–Crippen LogP) is 3.92. The molecule has 5 nitrogen and oxygen atoms in total. The molecule has 0 bridgehead atoms. The van der Waals surface area contributed by atoms with Gasteiger partial charge in [-0.05, 0) is 42.9 Å². The minimum Gasteiger partial charge on any atom is -0.493 e. The molecule has 2 aromatic rings. The zero-order valence-corrected chi connectivity index (χ0v) is 17.2. The van der Waals surface area contributed by atoms with Crippen molar-refractivity contribution in [3.8, 4) is 11.5 Å². The lowest BCUT2D eigenvalue weighted by atomic mass is 10.2. The summed E-state index contributed by atoms with van der Waals surface area (Å²) in [5.41, 5.74) is 0.989. The molecule has 26 heavy (non-hydrogen) atoms. The van der Waals surface area contributed by atoms with E-state index in [1.54, 1.807) is 20.3 Å². The lowest BCUT2D eigenvalue weighted by Gasteiger charge is -2.18. The number of hydrogen-bond donors (Lipinski definition) is 0. The third kappa shape index (κ3) is 5.27. The fourth-order valence-corrected chi connectivity index (χ4v) is 4.62. The summed E-state index contributed by atoms with van der Waals surface area (Å²) in [6, 6.07) is 10.0. The Hall–Kier alpha value is -1.47. The third-order valence-electron chi connectivity index (χ3n) is 3.87. The van der Waals surface area contributed by atoms with Gasteiger partial charge in [0.2, 0.25) is 0 Å². The van der Waals surface area contributed by atoms with Gasteiger partial charge in [0, 0.05) is 18.1 Å². The molecule has 0 aliphatic heterocycles. The van der Waals surface area contributed by atoms with Crippen LogP contribution < -0.4 is 9.47 Å². The normalized spacial score (nSPS) is 11.6.